The Morgan fingerprint density at radius 2 is 2.21 bits per heavy atom. The highest BCUT2D eigenvalue weighted by Crippen LogP contribution is 2.29. The van der Waals surface area contributed by atoms with E-state index < -0.39 is 0 Å². The minimum atomic E-state index is -0.373. The summed E-state index contributed by atoms with van der Waals surface area (Å²) in [7, 11) is 1.53. The number of methoxy groups -OCH3 is 1. The number of amides is 1. The number of hydrogen-bond donors (Lipinski definition) is 1. The number of nitrogens with zero attached hydrogens (tertiary/aromatic N) is 1. The summed E-state index contributed by atoms with van der Waals surface area (Å²) in [6.07, 6.45) is 4.92. The van der Waals surface area contributed by atoms with E-state index in [1.807, 2.05) is 13.0 Å². The van der Waals surface area contributed by atoms with Crippen molar-refractivity contribution in [3.63, 3.8) is 0 Å². The Morgan fingerprint density at radius 3 is 2.92 bits per heavy atom. The van der Waals surface area contributed by atoms with E-state index in [-0.39, 0.29) is 12.5 Å². The second-order valence-electron chi connectivity index (χ2n) is 4.78. The Kier molecular flexibility index (Phi) is 6.62. The van der Waals surface area contributed by atoms with Crippen LogP contribution in [0, 0.1) is 0 Å². The van der Waals surface area contributed by atoms with Gasteiger partial charge < -0.3 is 13.9 Å². The van der Waals surface area contributed by atoms with Crippen LogP contribution < -0.4 is 14.9 Å². The summed E-state index contributed by atoms with van der Waals surface area (Å²) in [5, 5.41) is 3.87. The van der Waals surface area contributed by atoms with Gasteiger partial charge in [-0.05, 0) is 48.9 Å². The fourth-order valence-electron chi connectivity index (χ4n) is 1.78. The van der Waals surface area contributed by atoms with Crippen LogP contribution in [0.1, 0.15) is 12.7 Å². The lowest BCUT2D eigenvalue weighted by molar-refractivity contribution is -0.123. The molecule has 126 valence electrons. The summed E-state index contributed by atoms with van der Waals surface area (Å²) < 4.78 is 16.7. The molecule has 0 saturated heterocycles. The number of allylic oxidation sites excluding steroid dienone is 1. The van der Waals surface area contributed by atoms with Gasteiger partial charge in [0.05, 0.1) is 19.6 Å². The quantitative estimate of drug-likeness (QED) is 0.576. The third kappa shape index (κ3) is 5.58. The maximum atomic E-state index is 11.7. The molecule has 0 atom stereocenters. The molecule has 0 aliphatic rings. The topological polar surface area (TPSA) is 73.1 Å². The van der Waals surface area contributed by atoms with Gasteiger partial charge >= 0.3 is 0 Å². The average molecular weight is 393 g/mol. The molecule has 0 saturated carbocycles. The Morgan fingerprint density at radius 1 is 1.38 bits per heavy atom. The van der Waals surface area contributed by atoms with Gasteiger partial charge in [0, 0.05) is 4.47 Å². The Bertz CT molecular complexity index is 739. The van der Waals surface area contributed by atoms with E-state index in [1.165, 1.54) is 13.3 Å². The minimum absolute atomic E-state index is 0.170. The number of ether oxygens (including phenoxy) is 2. The molecule has 0 aliphatic heterocycles. The number of rotatable bonds is 7. The van der Waals surface area contributed by atoms with Crippen LogP contribution in [0.3, 0.4) is 0 Å². The predicted molar refractivity (Wildman–Crippen MR) is 95.2 cm³/mol. The molecule has 6 nitrogen and oxygen atoms in total. The second-order valence-corrected chi connectivity index (χ2v) is 5.70. The molecule has 1 aromatic carbocycles. The number of carbonyl (C=O) groups is 1. The van der Waals surface area contributed by atoms with Crippen molar-refractivity contribution in [3.8, 4) is 11.5 Å². The fraction of sp³-hybridized carbons (Fsp3) is 0.176. The number of carbonyl (C=O) groups excluding carboxylic acids is 1. The molecule has 0 spiro atoms. The van der Waals surface area contributed by atoms with Gasteiger partial charge in [0.25, 0.3) is 5.91 Å². The van der Waals surface area contributed by atoms with Crippen molar-refractivity contribution in [2.75, 3.05) is 13.7 Å². The third-order valence-corrected chi connectivity index (χ3v) is 3.35. The molecule has 2 rings (SSSR count). The Balaban J connectivity index is 1.82. The first-order chi connectivity index (χ1) is 11.6. The predicted octanol–water partition coefficient (Wildman–Crippen LogP) is 3.64. The van der Waals surface area contributed by atoms with Gasteiger partial charge in [-0.1, -0.05) is 15.9 Å². The lowest BCUT2D eigenvalue weighted by Gasteiger charge is -2.10. The SMILES string of the molecule is COc1cc(Br)ccc1OCC(=O)N/N=C\C(C)=C\c1ccco1. The molecule has 2 aromatic rings. The Hall–Kier alpha value is -2.54. The van der Waals surface area contributed by atoms with E-state index in [1.54, 1.807) is 36.6 Å². The van der Waals surface area contributed by atoms with E-state index in [9.17, 15) is 4.79 Å². The number of benzene rings is 1. The normalized spacial score (nSPS) is 11.5. The zero-order chi connectivity index (χ0) is 17.4. The molecule has 1 N–H and O–H groups in total. The summed E-state index contributed by atoms with van der Waals surface area (Å²) in [4.78, 5) is 11.7. The zero-order valence-corrected chi connectivity index (χ0v) is 14.9. The van der Waals surface area contributed by atoms with E-state index in [0.29, 0.717) is 11.5 Å². The summed E-state index contributed by atoms with van der Waals surface area (Å²) in [6, 6.07) is 8.90. The lowest BCUT2D eigenvalue weighted by Crippen LogP contribution is -2.24. The maximum Gasteiger partial charge on any atom is 0.277 e. The standard InChI is InChI=1S/C17H17BrN2O4/c1-12(8-14-4-3-7-23-14)10-19-20-17(21)11-24-15-6-5-13(18)9-16(15)22-2/h3-10H,11H2,1-2H3,(H,20,21)/b12-8+,19-10-. The fourth-order valence-corrected chi connectivity index (χ4v) is 2.12. The van der Waals surface area contributed by atoms with Gasteiger partial charge in [0.2, 0.25) is 0 Å². The first-order valence-electron chi connectivity index (χ1n) is 7.08. The van der Waals surface area contributed by atoms with E-state index in [4.69, 9.17) is 13.9 Å². The van der Waals surface area contributed by atoms with Crippen molar-refractivity contribution in [2.45, 2.75) is 6.92 Å². The third-order valence-electron chi connectivity index (χ3n) is 2.85. The van der Waals surface area contributed by atoms with Crippen molar-refractivity contribution in [3.05, 3.63) is 52.4 Å². The van der Waals surface area contributed by atoms with Gasteiger partial charge in [-0.25, -0.2) is 5.43 Å². The molecule has 24 heavy (non-hydrogen) atoms. The summed E-state index contributed by atoms with van der Waals surface area (Å²) in [5.41, 5.74) is 3.23. The number of halogens is 1. The zero-order valence-electron chi connectivity index (χ0n) is 13.3. The molecule has 0 bridgehead atoms. The van der Waals surface area contributed by atoms with Gasteiger partial charge in [0.1, 0.15) is 5.76 Å². The van der Waals surface area contributed by atoms with Crippen LogP contribution in [0.2, 0.25) is 0 Å². The summed E-state index contributed by atoms with van der Waals surface area (Å²) in [5.74, 6) is 1.37. The van der Waals surface area contributed by atoms with Crippen molar-refractivity contribution < 1.29 is 18.7 Å². The smallest absolute Gasteiger partial charge is 0.277 e. The lowest BCUT2D eigenvalue weighted by atomic mass is 10.3. The van der Waals surface area contributed by atoms with Crippen molar-refractivity contribution in [1.29, 1.82) is 0 Å². The van der Waals surface area contributed by atoms with E-state index in [2.05, 4.69) is 26.5 Å². The first kappa shape index (κ1) is 17.8. The van der Waals surface area contributed by atoms with Crippen LogP contribution in [-0.2, 0) is 4.79 Å². The van der Waals surface area contributed by atoms with Crippen LogP contribution in [-0.4, -0.2) is 25.8 Å². The van der Waals surface area contributed by atoms with Crippen molar-refractivity contribution >= 4 is 34.1 Å². The monoisotopic (exact) mass is 392 g/mol. The van der Waals surface area contributed by atoms with Crippen LogP contribution in [0.5, 0.6) is 11.5 Å². The molecule has 1 amide bonds. The summed E-state index contributed by atoms with van der Waals surface area (Å²) >= 11 is 3.34. The van der Waals surface area contributed by atoms with E-state index >= 15 is 0 Å². The molecular formula is C17H17BrN2O4. The number of hydrazone groups is 1. The molecule has 0 radical (unpaired) electrons. The van der Waals surface area contributed by atoms with Gasteiger partial charge in [0.15, 0.2) is 18.1 Å². The van der Waals surface area contributed by atoms with Crippen molar-refractivity contribution in [1.82, 2.24) is 5.43 Å². The van der Waals surface area contributed by atoms with Gasteiger partial charge in [-0.15, -0.1) is 0 Å². The number of furan rings is 1. The molecule has 1 heterocycles. The number of nitrogens with one attached hydrogen (secondary N) is 1. The van der Waals surface area contributed by atoms with Gasteiger partial charge in [-0.3, -0.25) is 4.79 Å². The largest absolute Gasteiger partial charge is 0.493 e. The molecule has 0 unspecified atom stereocenters. The second kappa shape index (κ2) is 8.93. The van der Waals surface area contributed by atoms with Crippen LogP contribution >= 0.6 is 15.9 Å². The molecule has 0 aliphatic carbocycles. The Labute approximate surface area is 148 Å². The highest BCUT2D eigenvalue weighted by atomic mass is 79.9. The van der Waals surface area contributed by atoms with Gasteiger partial charge in [-0.2, -0.15) is 5.10 Å². The van der Waals surface area contributed by atoms with Crippen LogP contribution in [0.15, 0.2) is 56.2 Å². The molecule has 0 fully saturated rings. The molecular weight excluding hydrogens is 376 g/mol. The minimum Gasteiger partial charge on any atom is -0.493 e. The molecule has 7 heteroatoms. The molecule has 1 aromatic heterocycles. The highest BCUT2D eigenvalue weighted by molar-refractivity contribution is 9.10. The van der Waals surface area contributed by atoms with E-state index in [0.717, 1.165) is 15.8 Å². The summed E-state index contributed by atoms with van der Waals surface area (Å²) in [6.45, 7) is 1.68. The van der Waals surface area contributed by atoms with Crippen LogP contribution in [0.25, 0.3) is 6.08 Å². The number of hydrogen-bond acceptors (Lipinski definition) is 5. The first-order valence-corrected chi connectivity index (χ1v) is 7.88. The highest BCUT2D eigenvalue weighted by Gasteiger charge is 2.07. The van der Waals surface area contributed by atoms with Crippen LogP contribution in [0.4, 0.5) is 0 Å². The van der Waals surface area contributed by atoms with Crippen molar-refractivity contribution in [2.24, 2.45) is 5.10 Å². The maximum absolute atomic E-state index is 11.7. The average Bonchev–Trinajstić information content (AvgIpc) is 3.06.